The van der Waals surface area contributed by atoms with Gasteiger partial charge in [-0.2, -0.15) is 0 Å². The number of nitrogens with one attached hydrogen (secondary N) is 2. The van der Waals surface area contributed by atoms with Crippen molar-refractivity contribution in [1.82, 2.24) is 15.5 Å². The van der Waals surface area contributed by atoms with Crippen molar-refractivity contribution in [3.8, 4) is 0 Å². The van der Waals surface area contributed by atoms with Gasteiger partial charge in [0, 0.05) is 32.2 Å². The fourth-order valence-corrected chi connectivity index (χ4v) is 2.01. The second-order valence-corrected chi connectivity index (χ2v) is 4.30. The molecule has 0 atom stereocenters. The number of likely N-dealkylation sites (N-methyl/N-ethyl adjacent to an activating group) is 1. The number of aliphatic imine (C=N–C) groups is 1. The summed E-state index contributed by atoms with van der Waals surface area (Å²) in [6, 6.07) is 0.873. The fourth-order valence-electron chi connectivity index (χ4n) is 2.01. The van der Waals surface area contributed by atoms with Crippen molar-refractivity contribution in [3.63, 3.8) is 0 Å². The second kappa shape index (κ2) is 7.32. The molecule has 2 aliphatic rings. The average Bonchev–Trinajstić information content (AvgIpc) is 3.10. The Morgan fingerprint density at radius 3 is 2.88 bits per heavy atom. The highest BCUT2D eigenvalue weighted by Crippen LogP contribution is 2.25. The molecule has 16 heavy (non-hydrogen) atoms. The number of guanidine groups is 1. The maximum atomic E-state index is 4.39. The Bertz CT molecular complexity index is 228. The fraction of sp³-hybridized carbons (Fsp3) is 0.909. The standard InChI is InChI=1S/C11H22N4.HI/c1-2-15(10-4-5-10)9-8-14-11-12-6-3-7-13-11;/h10H,2-9H2,1H3,(H2,12,13,14);1H. The molecule has 0 amide bonds. The zero-order chi connectivity index (χ0) is 10.5. The molecule has 4 nitrogen and oxygen atoms in total. The minimum atomic E-state index is 0. The lowest BCUT2D eigenvalue weighted by Crippen LogP contribution is -2.44. The van der Waals surface area contributed by atoms with Crippen LogP contribution in [0.1, 0.15) is 26.2 Å². The first-order valence-electron chi connectivity index (χ1n) is 6.16. The Balaban J connectivity index is 0.00000128. The Hall–Kier alpha value is -0.0400. The quantitative estimate of drug-likeness (QED) is 0.736. The summed E-state index contributed by atoms with van der Waals surface area (Å²) in [5, 5.41) is 6.64. The van der Waals surface area contributed by atoms with Crippen LogP contribution >= 0.6 is 24.0 Å². The van der Waals surface area contributed by atoms with E-state index in [-0.39, 0.29) is 24.0 Å². The van der Waals surface area contributed by atoms with E-state index in [0.717, 1.165) is 44.6 Å². The Labute approximate surface area is 115 Å². The van der Waals surface area contributed by atoms with E-state index in [0.29, 0.717) is 0 Å². The third-order valence-electron chi connectivity index (χ3n) is 3.06. The maximum Gasteiger partial charge on any atom is 0.191 e. The summed E-state index contributed by atoms with van der Waals surface area (Å²) in [5.74, 6) is 0.994. The molecule has 1 fully saturated rings. The highest BCUT2D eigenvalue weighted by Gasteiger charge is 2.27. The third kappa shape index (κ3) is 4.45. The number of nitrogens with zero attached hydrogens (tertiary/aromatic N) is 2. The lowest BCUT2D eigenvalue weighted by atomic mass is 10.4. The lowest BCUT2D eigenvalue weighted by molar-refractivity contribution is 0.282. The van der Waals surface area contributed by atoms with Crippen LogP contribution in [0.2, 0.25) is 0 Å². The maximum absolute atomic E-state index is 4.39. The van der Waals surface area contributed by atoms with Gasteiger partial charge in [0.15, 0.2) is 5.96 Å². The first kappa shape index (κ1) is 14.0. The Morgan fingerprint density at radius 2 is 2.31 bits per heavy atom. The van der Waals surface area contributed by atoms with Crippen LogP contribution in [0.5, 0.6) is 0 Å². The van der Waals surface area contributed by atoms with E-state index in [2.05, 4.69) is 27.4 Å². The molecule has 0 aromatic carbocycles. The van der Waals surface area contributed by atoms with Crippen LogP contribution in [0.25, 0.3) is 0 Å². The SMILES string of the molecule is CCN(CCNC1=NCCCN1)C1CC1.I. The molecule has 0 aromatic rings. The average molecular weight is 338 g/mol. The van der Waals surface area contributed by atoms with Crippen molar-refractivity contribution < 1.29 is 0 Å². The minimum Gasteiger partial charge on any atom is -0.356 e. The monoisotopic (exact) mass is 338 g/mol. The van der Waals surface area contributed by atoms with Gasteiger partial charge in [-0.15, -0.1) is 24.0 Å². The molecule has 0 spiro atoms. The van der Waals surface area contributed by atoms with E-state index in [9.17, 15) is 0 Å². The molecule has 0 aromatic heterocycles. The van der Waals surface area contributed by atoms with Gasteiger partial charge in [-0.25, -0.2) is 0 Å². The molecule has 0 radical (unpaired) electrons. The number of rotatable bonds is 5. The van der Waals surface area contributed by atoms with Gasteiger partial charge in [-0.1, -0.05) is 6.92 Å². The van der Waals surface area contributed by atoms with Gasteiger partial charge in [0.2, 0.25) is 0 Å². The summed E-state index contributed by atoms with van der Waals surface area (Å²) in [4.78, 5) is 6.94. The van der Waals surface area contributed by atoms with E-state index in [4.69, 9.17) is 0 Å². The van der Waals surface area contributed by atoms with Crippen molar-refractivity contribution in [2.24, 2.45) is 4.99 Å². The number of hydrogen-bond acceptors (Lipinski definition) is 4. The summed E-state index contributed by atoms with van der Waals surface area (Å²) in [5.41, 5.74) is 0. The number of halogens is 1. The predicted octanol–water partition coefficient (Wildman–Crippen LogP) is 1.03. The van der Waals surface area contributed by atoms with Crippen molar-refractivity contribution in [2.45, 2.75) is 32.2 Å². The second-order valence-electron chi connectivity index (χ2n) is 4.30. The van der Waals surface area contributed by atoms with Gasteiger partial charge >= 0.3 is 0 Å². The van der Waals surface area contributed by atoms with Gasteiger partial charge in [-0.05, 0) is 25.8 Å². The molecule has 1 saturated carbocycles. The van der Waals surface area contributed by atoms with E-state index in [1.807, 2.05) is 0 Å². The van der Waals surface area contributed by atoms with Gasteiger partial charge in [0.25, 0.3) is 0 Å². The lowest BCUT2D eigenvalue weighted by Gasteiger charge is -2.21. The van der Waals surface area contributed by atoms with Crippen molar-refractivity contribution in [3.05, 3.63) is 0 Å². The largest absolute Gasteiger partial charge is 0.356 e. The van der Waals surface area contributed by atoms with Gasteiger partial charge in [0.1, 0.15) is 0 Å². The van der Waals surface area contributed by atoms with Crippen molar-refractivity contribution in [1.29, 1.82) is 0 Å². The molecule has 1 aliphatic carbocycles. The molecule has 0 unspecified atom stereocenters. The third-order valence-corrected chi connectivity index (χ3v) is 3.06. The molecule has 0 bridgehead atoms. The van der Waals surface area contributed by atoms with Crippen LogP contribution in [-0.2, 0) is 0 Å². The summed E-state index contributed by atoms with van der Waals surface area (Å²) in [6.07, 6.45) is 3.95. The molecule has 2 N–H and O–H groups in total. The molecule has 0 saturated heterocycles. The van der Waals surface area contributed by atoms with Crippen LogP contribution in [0.3, 0.4) is 0 Å². The molecule has 5 heteroatoms. The van der Waals surface area contributed by atoms with Crippen LogP contribution in [-0.4, -0.2) is 49.6 Å². The smallest absolute Gasteiger partial charge is 0.191 e. The van der Waals surface area contributed by atoms with Gasteiger partial charge in [0.05, 0.1) is 0 Å². The Kier molecular flexibility index (Phi) is 6.41. The van der Waals surface area contributed by atoms with Gasteiger partial charge in [-0.3, -0.25) is 9.89 Å². The molecule has 1 aliphatic heterocycles. The van der Waals surface area contributed by atoms with E-state index in [1.165, 1.54) is 19.4 Å². The highest BCUT2D eigenvalue weighted by molar-refractivity contribution is 14.0. The molecule has 94 valence electrons. The van der Waals surface area contributed by atoms with Crippen LogP contribution in [0.15, 0.2) is 4.99 Å². The number of hydrogen-bond donors (Lipinski definition) is 2. The molecule has 1 heterocycles. The first-order valence-corrected chi connectivity index (χ1v) is 6.16. The molecule has 2 rings (SSSR count). The van der Waals surface area contributed by atoms with E-state index in [1.54, 1.807) is 0 Å². The summed E-state index contributed by atoms with van der Waals surface area (Å²) >= 11 is 0. The van der Waals surface area contributed by atoms with Crippen LogP contribution in [0.4, 0.5) is 0 Å². The Morgan fingerprint density at radius 1 is 1.50 bits per heavy atom. The summed E-state index contributed by atoms with van der Waals surface area (Å²) in [6.45, 7) is 7.60. The summed E-state index contributed by atoms with van der Waals surface area (Å²) in [7, 11) is 0. The van der Waals surface area contributed by atoms with Crippen LogP contribution in [0, 0.1) is 0 Å². The molecular weight excluding hydrogens is 315 g/mol. The highest BCUT2D eigenvalue weighted by atomic mass is 127. The zero-order valence-electron chi connectivity index (χ0n) is 10.0. The first-order chi connectivity index (χ1) is 7.40. The van der Waals surface area contributed by atoms with E-state index < -0.39 is 0 Å². The predicted molar refractivity (Wildman–Crippen MR) is 78.6 cm³/mol. The topological polar surface area (TPSA) is 39.7 Å². The van der Waals surface area contributed by atoms with E-state index >= 15 is 0 Å². The molecular formula is C11H23IN4. The van der Waals surface area contributed by atoms with Crippen LogP contribution < -0.4 is 10.6 Å². The normalized spacial score (nSPS) is 19.8. The van der Waals surface area contributed by atoms with Crippen molar-refractivity contribution >= 4 is 29.9 Å². The van der Waals surface area contributed by atoms with Crippen molar-refractivity contribution in [2.75, 3.05) is 32.7 Å². The van der Waals surface area contributed by atoms with Gasteiger partial charge < -0.3 is 10.6 Å². The zero-order valence-corrected chi connectivity index (χ0v) is 12.4. The minimum absolute atomic E-state index is 0. The summed E-state index contributed by atoms with van der Waals surface area (Å²) < 4.78 is 0.